The molecule has 0 saturated heterocycles. The van der Waals surface area contributed by atoms with Crippen molar-refractivity contribution in [2.75, 3.05) is 12.4 Å². The molecule has 1 aromatic heterocycles. The third-order valence-electron chi connectivity index (χ3n) is 2.54. The molecule has 0 aliphatic carbocycles. The van der Waals surface area contributed by atoms with Crippen LogP contribution >= 0.6 is 0 Å². The summed E-state index contributed by atoms with van der Waals surface area (Å²) in [4.78, 5) is 24.8. The Hall–Kier alpha value is -3.33. The Labute approximate surface area is 127 Å². The standard InChI is InChI=1S/C8H8N2.C8H6O4/c1-3-7-4-5-8(9-2)10-6-7;9-7(10)5-2-1-3-6(4-5)8(11)12/h1,4-6H,2H3,(H,9,10);1-4H,(H,9,10)(H,11,12). The summed E-state index contributed by atoms with van der Waals surface area (Å²) in [5.74, 6) is 1.07. The van der Waals surface area contributed by atoms with Gasteiger partial charge in [-0.25, -0.2) is 14.6 Å². The summed E-state index contributed by atoms with van der Waals surface area (Å²) in [6.45, 7) is 0. The van der Waals surface area contributed by atoms with Crippen LogP contribution in [0.4, 0.5) is 5.82 Å². The summed E-state index contributed by atoms with van der Waals surface area (Å²) in [5, 5.41) is 19.9. The molecule has 22 heavy (non-hydrogen) atoms. The number of carboxylic acids is 2. The molecule has 1 aromatic carbocycles. The lowest BCUT2D eigenvalue weighted by molar-refractivity contribution is 0.0696. The number of anilines is 1. The van der Waals surface area contributed by atoms with E-state index in [1.165, 1.54) is 18.2 Å². The zero-order valence-corrected chi connectivity index (χ0v) is 11.8. The minimum absolute atomic E-state index is 0.0186. The highest BCUT2D eigenvalue weighted by atomic mass is 16.4. The first-order valence-electron chi connectivity index (χ1n) is 6.15. The Balaban J connectivity index is 0.000000224. The molecular formula is C16H14N2O4. The van der Waals surface area contributed by atoms with Gasteiger partial charge >= 0.3 is 11.9 Å². The average Bonchev–Trinajstić information content (AvgIpc) is 2.55. The molecule has 6 heteroatoms. The first kappa shape index (κ1) is 16.7. The number of aromatic carboxylic acids is 2. The van der Waals surface area contributed by atoms with Crippen LogP contribution in [0.25, 0.3) is 0 Å². The molecule has 0 fully saturated rings. The number of aromatic nitrogens is 1. The molecule has 0 aliphatic rings. The van der Waals surface area contributed by atoms with Crippen molar-refractivity contribution in [1.82, 2.24) is 4.98 Å². The van der Waals surface area contributed by atoms with Crippen molar-refractivity contribution in [3.05, 3.63) is 59.3 Å². The molecule has 0 aliphatic heterocycles. The average molecular weight is 298 g/mol. The van der Waals surface area contributed by atoms with Gasteiger partial charge in [0.15, 0.2) is 0 Å². The number of carboxylic acid groups (broad SMARTS) is 2. The molecule has 0 unspecified atom stereocenters. The van der Waals surface area contributed by atoms with Crippen LogP contribution < -0.4 is 5.32 Å². The number of hydrogen-bond donors (Lipinski definition) is 3. The fourth-order valence-corrected chi connectivity index (χ4v) is 1.41. The third-order valence-corrected chi connectivity index (χ3v) is 2.54. The Kier molecular flexibility index (Phi) is 6.13. The third kappa shape index (κ3) is 4.98. The van der Waals surface area contributed by atoms with Crippen LogP contribution in [-0.2, 0) is 0 Å². The van der Waals surface area contributed by atoms with Gasteiger partial charge in [0.1, 0.15) is 5.82 Å². The maximum Gasteiger partial charge on any atom is 0.335 e. The van der Waals surface area contributed by atoms with Crippen LogP contribution in [0.15, 0.2) is 42.6 Å². The first-order valence-corrected chi connectivity index (χ1v) is 6.15. The summed E-state index contributed by atoms with van der Waals surface area (Å²) in [6, 6.07) is 8.88. The number of nitrogens with zero attached hydrogens (tertiary/aromatic N) is 1. The Morgan fingerprint density at radius 1 is 1.14 bits per heavy atom. The van der Waals surface area contributed by atoms with E-state index in [1.54, 1.807) is 6.20 Å². The topological polar surface area (TPSA) is 99.5 Å². The highest BCUT2D eigenvalue weighted by Crippen LogP contribution is 2.04. The highest BCUT2D eigenvalue weighted by molar-refractivity contribution is 5.93. The Morgan fingerprint density at radius 2 is 1.73 bits per heavy atom. The molecule has 0 atom stereocenters. The Bertz CT molecular complexity index is 674. The molecule has 0 amide bonds. The van der Waals surface area contributed by atoms with Gasteiger partial charge in [0, 0.05) is 18.8 Å². The predicted molar refractivity (Wildman–Crippen MR) is 82.1 cm³/mol. The number of pyridine rings is 1. The van der Waals surface area contributed by atoms with Crippen molar-refractivity contribution in [1.29, 1.82) is 0 Å². The minimum Gasteiger partial charge on any atom is -0.478 e. The number of hydrogen-bond acceptors (Lipinski definition) is 4. The fourth-order valence-electron chi connectivity index (χ4n) is 1.41. The maximum atomic E-state index is 10.4. The predicted octanol–water partition coefficient (Wildman–Crippen LogP) is 2.19. The molecule has 0 bridgehead atoms. The van der Waals surface area contributed by atoms with Gasteiger partial charge < -0.3 is 15.5 Å². The van der Waals surface area contributed by atoms with Gasteiger partial charge in [0.2, 0.25) is 0 Å². The maximum absolute atomic E-state index is 10.4. The lowest BCUT2D eigenvalue weighted by atomic mass is 10.1. The molecule has 0 saturated carbocycles. The molecule has 2 rings (SSSR count). The van der Waals surface area contributed by atoms with E-state index in [9.17, 15) is 9.59 Å². The van der Waals surface area contributed by atoms with Crippen molar-refractivity contribution >= 4 is 17.8 Å². The normalized spacial score (nSPS) is 8.91. The largest absolute Gasteiger partial charge is 0.478 e. The quantitative estimate of drug-likeness (QED) is 0.751. The summed E-state index contributed by atoms with van der Waals surface area (Å²) in [5.41, 5.74) is 0.767. The molecule has 3 N–H and O–H groups in total. The number of terminal acetylenes is 1. The van der Waals surface area contributed by atoms with Gasteiger partial charge in [-0.3, -0.25) is 0 Å². The second-order valence-electron chi connectivity index (χ2n) is 4.02. The van der Waals surface area contributed by atoms with E-state index in [0.717, 1.165) is 17.4 Å². The summed E-state index contributed by atoms with van der Waals surface area (Å²) in [6.07, 6.45) is 6.79. The van der Waals surface area contributed by atoms with Crippen LogP contribution in [0, 0.1) is 12.3 Å². The van der Waals surface area contributed by atoms with Crippen LogP contribution in [0.1, 0.15) is 26.3 Å². The lowest BCUT2D eigenvalue weighted by Gasteiger charge is -1.95. The van der Waals surface area contributed by atoms with Gasteiger partial charge in [0.05, 0.1) is 11.1 Å². The first-order chi connectivity index (χ1) is 10.5. The van der Waals surface area contributed by atoms with E-state index in [2.05, 4.69) is 16.2 Å². The van der Waals surface area contributed by atoms with Gasteiger partial charge in [-0.1, -0.05) is 12.0 Å². The summed E-state index contributed by atoms with van der Waals surface area (Å²) < 4.78 is 0. The highest BCUT2D eigenvalue weighted by Gasteiger charge is 2.06. The van der Waals surface area contributed by atoms with Crippen LogP contribution in [0.3, 0.4) is 0 Å². The summed E-state index contributed by atoms with van der Waals surface area (Å²) >= 11 is 0. The van der Waals surface area contributed by atoms with E-state index in [-0.39, 0.29) is 11.1 Å². The monoisotopic (exact) mass is 298 g/mol. The zero-order chi connectivity index (χ0) is 16.5. The van der Waals surface area contributed by atoms with E-state index >= 15 is 0 Å². The molecular weight excluding hydrogens is 284 g/mol. The van der Waals surface area contributed by atoms with Crippen LogP contribution in [0.2, 0.25) is 0 Å². The van der Waals surface area contributed by atoms with Crippen molar-refractivity contribution in [3.63, 3.8) is 0 Å². The second-order valence-corrected chi connectivity index (χ2v) is 4.02. The molecule has 0 spiro atoms. The van der Waals surface area contributed by atoms with Crippen molar-refractivity contribution in [3.8, 4) is 12.3 Å². The molecule has 1 heterocycles. The van der Waals surface area contributed by atoms with Crippen molar-refractivity contribution in [2.45, 2.75) is 0 Å². The number of nitrogens with one attached hydrogen (secondary N) is 1. The minimum atomic E-state index is -1.13. The molecule has 112 valence electrons. The number of rotatable bonds is 3. The van der Waals surface area contributed by atoms with E-state index in [4.69, 9.17) is 16.6 Å². The van der Waals surface area contributed by atoms with E-state index in [0.29, 0.717) is 0 Å². The molecule has 0 radical (unpaired) electrons. The SMILES string of the molecule is C#Cc1ccc(NC)nc1.O=C(O)c1cccc(C(=O)O)c1. The van der Waals surface area contributed by atoms with Crippen molar-refractivity contribution < 1.29 is 19.8 Å². The smallest absolute Gasteiger partial charge is 0.335 e. The van der Waals surface area contributed by atoms with Gasteiger partial charge in [-0.2, -0.15) is 0 Å². The van der Waals surface area contributed by atoms with Crippen LogP contribution in [-0.4, -0.2) is 34.2 Å². The van der Waals surface area contributed by atoms with E-state index in [1.807, 2.05) is 19.2 Å². The number of benzene rings is 1. The van der Waals surface area contributed by atoms with Gasteiger partial charge in [0.25, 0.3) is 0 Å². The Morgan fingerprint density at radius 3 is 2.09 bits per heavy atom. The molecule has 2 aromatic rings. The zero-order valence-electron chi connectivity index (χ0n) is 11.8. The van der Waals surface area contributed by atoms with Crippen LogP contribution in [0.5, 0.6) is 0 Å². The lowest BCUT2D eigenvalue weighted by Crippen LogP contribution is -2.01. The number of carbonyl (C=O) groups is 2. The van der Waals surface area contributed by atoms with Gasteiger partial charge in [-0.15, -0.1) is 6.42 Å². The van der Waals surface area contributed by atoms with Gasteiger partial charge in [-0.05, 0) is 30.3 Å². The van der Waals surface area contributed by atoms with Crippen molar-refractivity contribution in [2.24, 2.45) is 0 Å². The van der Waals surface area contributed by atoms with E-state index < -0.39 is 11.9 Å². The molecule has 6 nitrogen and oxygen atoms in total. The fraction of sp³-hybridized carbons (Fsp3) is 0.0625. The summed E-state index contributed by atoms with van der Waals surface area (Å²) in [7, 11) is 1.82. The second kappa shape index (κ2) is 8.07.